The minimum atomic E-state index is -0.136. The summed E-state index contributed by atoms with van der Waals surface area (Å²) < 4.78 is 11.6. The molecule has 2 aromatic carbocycles. The van der Waals surface area contributed by atoms with E-state index in [-0.39, 0.29) is 5.56 Å². The normalized spacial score (nSPS) is 10.7. The van der Waals surface area contributed by atoms with Gasteiger partial charge in [0.15, 0.2) is 11.5 Å². The van der Waals surface area contributed by atoms with Crippen LogP contribution in [0.1, 0.15) is 13.8 Å². The predicted octanol–water partition coefficient (Wildman–Crippen LogP) is 3.99. The molecule has 0 saturated heterocycles. The number of hydrogen-bond acceptors (Lipinski definition) is 3. The van der Waals surface area contributed by atoms with Crippen molar-refractivity contribution in [2.75, 3.05) is 13.2 Å². The van der Waals surface area contributed by atoms with E-state index >= 15 is 0 Å². The van der Waals surface area contributed by atoms with E-state index in [1.807, 2.05) is 56.3 Å². The molecule has 0 atom stereocenters. The summed E-state index contributed by atoms with van der Waals surface area (Å²) >= 11 is 0. The first-order valence-electron chi connectivity index (χ1n) is 7.75. The Kier molecular flexibility index (Phi) is 4.33. The summed E-state index contributed by atoms with van der Waals surface area (Å²) in [6, 6.07) is 15.1. The van der Waals surface area contributed by atoms with Gasteiger partial charge in [-0.3, -0.25) is 4.79 Å². The van der Waals surface area contributed by atoms with E-state index in [0.717, 1.165) is 22.0 Å². The summed E-state index contributed by atoms with van der Waals surface area (Å²) in [6.07, 6.45) is 0. The van der Waals surface area contributed by atoms with Crippen LogP contribution in [0.25, 0.3) is 22.0 Å². The van der Waals surface area contributed by atoms with E-state index in [1.165, 1.54) is 0 Å². The van der Waals surface area contributed by atoms with Crippen molar-refractivity contribution in [1.29, 1.82) is 0 Å². The van der Waals surface area contributed by atoms with Crippen LogP contribution in [0.5, 0.6) is 11.5 Å². The van der Waals surface area contributed by atoms with Gasteiger partial charge in [0.25, 0.3) is 0 Å². The van der Waals surface area contributed by atoms with Gasteiger partial charge in [0, 0.05) is 11.6 Å². The third-order valence-corrected chi connectivity index (χ3v) is 3.60. The molecule has 0 aliphatic rings. The predicted molar refractivity (Wildman–Crippen MR) is 92.3 cm³/mol. The molecule has 0 bridgehead atoms. The maximum atomic E-state index is 12.0. The molecule has 1 heterocycles. The molecule has 4 heteroatoms. The average molecular weight is 309 g/mol. The Balaban J connectivity index is 2.38. The Bertz CT molecular complexity index is 869. The highest BCUT2D eigenvalue weighted by molar-refractivity contribution is 6.00. The van der Waals surface area contributed by atoms with Crippen molar-refractivity contribution in [3.63, 3.8) is 0 Å². The fourth-order valence-corrected chi connectivity index (χ4v) is 2.71. The highest BCUT2D eigenvalue weighted by Gasteiger charge is 2.16. The van der Waals surface area contributed by atoms with E-state index in [2.05, 4.69) is 4.98 Å². The van der Waals surface area contributed by atoms with Gasteiger partial charge in [0.05, 0.1) is 24.1 Å². The summed E-state index contributed by atoms with van der Waals surface area (Å²) in [6.45, 7) is 4.94. The molecule has 0 spiro atoms. The van der Waals surface area contributed by atoms with E-state index in [9.17, 15) is 4.79 Å². The molecule has 0 amide bonds. The van der Waals surface area contributed by atoms with Gasteiger partial charge in [-0.1, -0.05) is 30.3 Å². The van der Waals surface area contributed by atoms with Crippen molar-refractivity contribution in [2.24, 2.45) is 0 Å². The first-order valence-corrected chi connectivity index (χ1v) is 7.75. The maximum Gasteiger partial charge on any atom is 0.249 e. The zero-order valence-electron chi connectivity index (χ0n) is 13.3. The van der Waals surface area contributed by atoms with Crippen molar-refractivity contribution in [2.45, 2.75) is 13.8 Å². The molecular weight excluding hydrogens is 290 g/mol. The lowest BCUT2D eigenvalue weighted by Gasteiger charge is -2.16. The summed E-state index contributed by atoms with van der Waals surface area (Å²) in [5, 5.41) is 0.864. The van der Waals surface area contributed by atoms with Crippen LogP contribution >= 0.6 is 0 Å². The maximum absolute atomic E-state index is 12.0. The monoisotopic (exact) mass is 309 g/mol. The second kappa shape index (κ2) is 6.57. The van der Waals surface area contributed by atoms with Crippen molar-refractivity contribution in [3.05, 3.63) is 58.9 Å². The van der Waals surface area contributed by atoms with Crippen LogP contribution in [-0.2, 0) is 0 Å². The molecule has 0 saturated carbocycles. The molecular formula is C19H19NO3. The molecule has 118 valence electrons. The molecule has 1 N–H and O–H groups in total. The van der Waals surface area contributed by atoms with Gasteiger partial charge >= 0.3 is 0 Å². The van der Waals surface area contributed by atoms with Gasteiger partial charge in [-0.25, -0.2) is 0 Å². The smallest absolute Gasteiger partial charge is 0.249 e. The van der Waals surface area contributed by atoms with Crippen molar-refractivity contribution < 1.29 is 9.47 Å². The number of H-pyrrole nitrogens is 1. The second-order valence-corrected chi connectivity index (χ2v) is 5.09. The van der Waals surface area contributed by atoms with E-state index in [4.69, 9.17) is 9.47 Å². The van der Waals surface area contributed by atoms with Crippen molar-refractivity contribution in [3.8, 4) is 22.6 Å². The van der Waals surface area contributed by atoms with Gasteiger partial charge in [-0.05, 0) is 31.5 Å². The molecule has 3 aromatic rings. The molecule has 23 heavy (non-hydrogen) atoms. The van der Waals surface area contributed by atoms with E-state index in [1.54, 1.807) is 6.07 Å². The minimum absolute atomic E-state index is 0.136. The van der Waals surface area contributed by atoms with Gasteiger partial charge in [0.2, 0.25) is 5.56 Å². The van der Waals surface area contributed by atoms with Gasteiger partial charge in [0.1, 0.15) is 0 Å². The SMILES string of the molecule is CCOc1ccc2[nH]c(=O)cc(-c3ccccc3)c2c1OCC. The molecule has 3 rings (SSSR count). The molecule has 1 aromatic heterocycles. The fraction of sp³-hybridized carbons (Fsp3) is 0.211. The quantitative estimate of drug-likeness (QED) is 0.775. The van der Waals surface area contributed by atoms with Crippen LogP contribution in [0.15, 0.2) is 53.3 Å². The van der Waals surface area contributed by atoms with Crippen LogP contribution in [0.2, 0.25) is 0 Å². The average Bonchev–Trinajstić information content (AvgIpc) is 2.57. The van der Waals surface area contributed by atoms with Crippen LogP contribution in [0.3, 0.4) is 0 Å². The number of rotatable bonds is 5. The number of aromatic amines is 1. The number of pyridine rings is 1. The molecule has 4 nitrogen and oxygen atoms in total. The first-order chi connectivity index (χ1) is 11.2. The van der Waals surface area contributed by atoms with Gasteiger partial charge in [-0.15, -0.1) is 0 Å². The zero-order valence-corrected chi connectivity index (χ0v) is 13.3. The van der Waals surface area contributed by atoms with E-state index in [0.29, 0.717) is 24.7 Å². The van der Waals surface area contributed by atoms with Crippen LogP contribution in [0.4, 0.5) is 0 Å². The number of hydrogen-bond donors (Lipinski definition) is 1. The summed E-state index contributed by atoms with van der Waals surface area (Å²) in [4.78, 5) is 14.9. The lowest BCUT2D eigenvalue weighted by atomic mass is 10.0. The summed E-state index contributed by atoms with van der Waals surface area (Å²) in [5.41, 5.74) is 2.42. The summed E-state index contributed by atoms with van der Waals surface area (Å²) in [5.74, 6) is 1.35. The third kappa shape index (κ3) is 2.93. The highest BCUT2D eigenvalue weighted by Crippen LogP contribution is 2.40. The third-order valence-electron chi connectivity index (χ3n) is 3.60. The topological polar surface area (TPSA) is 51.3 Å². The Labute approximate surface area is 134 Å². The molecule has 0 aliphatic carbocycles. The van der Waals surface area contributed by atoms with Crippen molar-refractivity contribution in [1.82, 2.24) is 4.98 Å². The fourth-order valence-electron chi connectivity index (χ4n) is 2.71. The Morgan fingerprint density at radius 2 is 1.70 bits per heavy atom. The lowest BCUT2D eigenvalue weighted by molar-refractivity contribution is 0.291. The highest BCUT2D eigenvalue weighted by atomic mass is 16.5. The number of nitrogens with one attached hydrogen (secondary N) is 1. The molecule has 0 radical (unpaired) electrons. The number of aromatic nitrogens is 1. The van der Waals surface area contributed by atoms with Crippen LogP contribution in [0, 0.1) is 0 Å². The van der Waals surface area contributed by atoms with Gasteiger partial charge in [-0.2, -0.15) is 0 Å². The number of benzene rings is 2. The largest absolute Gasteiger partial charge is 0.490 e. The summed E-state index contributed by atoms with van der Waals surface area (Å²) in [7, 11) is 0. The number of fused-ring (bicyclic) bond motifs is 1. The Hall–Kier alpha value is -2.75. The Morgan fingerprint density at radius 3 is 2.39 bits per heavy atom. The molecule has 0 aliphatic heterocycles. The molecule has 0 unspecified atom stereocenters. The minimum Gasteiger partial charge on any atom is -0.490 e. The van der Waals surface area contributed by atoms with Crippen LogP contribution < -0.4 is 15.0 Å². The zero-order chi connectivity index (χ0) is 16.2. The lowest BCUT2D eigenvalue weighted by Crippen LogP contribution is -2.07. The standard InChI is InChI=1S/C19H19NO3/c1-3-22-16-11-10-15-18(19(16)23-4-2)14(12-17(21)20-15)13-8-6-5-7-9-13/h5-12H,3-4H2,1-2H3,(H,20,21). The van der Waals surface area contributed by atoms with Crippen LogP contribution in [-0.4, -0.2) is 18.2 Å². The van der Waals surface area contributed by atoms with E-state index < -0.39 is 0 Å². The Morgan fingerprint density at radius 1 is 0.957 bits per heavy atom. The molecule has 0 fully saturated rings. The van der Waals surface area contributed by atoms with Crippen molar-refractivity contribution >= 4 is 10.9 Å². The second-order valence-electron chi connectivity index (χ2n) is 5.09. The first kappa shape index (κ1) is 15.2. The van der Waals surface area contributed by atoms with Gasteiger partial charge < -0.3 is 14.5 Å². The number of ether oxygens (including phenoxy) is 2.